The van der Waals surface area contributed by atoms with Crippen molar-refractivity contribution in [3.63, 3.8) is 0 Å². The maximum atomic E-state index is 9.66. The summed E-state index contributed by atoms with van der Waals surface area (Å²) in [4.78, 5) is 0. The molecule has 2 aromatic carbocycles. The molecule has 1 atom stereocenters. The molecule has 0 amide bonds. The van der Waals surface area contributed by atoms with Gasteiger partial charge in [-0.3, -0.25) is 0 Å². The first-order valence-corrected chi connectivity index (χ1v) is 7.47. The van der Waals surface area contributed by atoms with E-state index in [1.807, 2.05) is 54.7 Å². The molecule has 112 valence electrons. The van der Waals surface area contributed by atoms with Gasteiger partial charge in [-0.1, -0.05) is 65.9 Å². The SMILES string of the molecule is OC[C@@H](c1ccccc1)n1cc(CCc2ccccc2)nn1. The summed E-state index contributed by atoms with van der Waals surface area (Å²) in [5, 5.41) is 18.1. The Balaban J connectivity index is 1.70. The van der Waals surface area contributed by atoms with Gasteiger partial charge in [-0.05, 0) is 24.0 Å². The third-order valence-corrected chi connectivity index (χ3v) is 3.75. The average Bonchev–Trinajstić information content (AvgIpc) is 3.04. The summed E-state index contributed by atoms with van der Waals surface area (Å²) < 4.78 is 1.75. The fourth-order valence-corrected chi connectivity index (χ4v) is 2.51. The molecule has 0 aliphatic carbocycles. The highest BCUT2D eigenvalue weighted by Gasteiger charge is 2.14. The molecule has 0 fully saturated rings. The van der Waals surface area contributed by atoms with Crippen LogP contribution in [-0.2, 0) is 12.8 Å². The van der Waals surface area contributed by atoms with Crippen LogP contribution in [0.5, 0.6) is 0 Å². The molecular formula is C18H19N3O. The van der Waals surface area contributed by atoms with E-state index in [0.29, 0.717) is 0 Å². The standard InChI is InChI=1S/C18H19N3O/c22-14-18(16-9-5-2-6-10-16)21-13-17(19-20-21)12-11-15-7-3-1-4-8-15/h1-10,13,18,22H,11-12,14H2/t18-/m0/s1. The molecule has 1 N–H and O–H groups in total. The first-order chi connectivity index (χ1) is 10.9. The molecule has 0 spiro atoms. The molecule has 4 nitrogen and oxygen atoms in total. The fraction of sp³-hybridized carbons (Fsp3) is 0.222. The lowest BCUT2D eigenvalue weighted by Crippen LogP contribution is -2.15. The van der Waals surface area contributed by atoms with Gasteiger partial charge >= 0.3 is 0 Å². The molecule has 4 heteroatoms. The van der Waals surface area contributed by atoms with Crippen LogP contribution in [0.4, 0.5) is 0 Å². The van der Waals surface area contributed by atoms with Crippen molar-refractivity contribution in [2.75, 3.05) is 6.61 Å². The molecule has 1 aromatic heterocycles. The largest absolute Gasteiger partial charge is 0.394 e. The van der Waals surface area contributed by atoms with Crippen LogP contribution in [-0.4, -0.2) is 26.7 Å². The van der Waals surface area contributed by atoms with E-state index in [1.165, 1.54) is 5.56 Å². The van der Waals surface area contributed by atoms with Gasteiger partial charge in [-0.2, -0.15) is 0 Å². The van der Waals surface area contributed by atoms with Gasteiger partial charge in [0.05, 0.1) is 12.3 Å². The maximum absolute atomic E-state index is 9.66. The molecule has 1 heterocycles. The zero-order chi connectivity index (χ0) is 15.2. The van der Waals surface area contributed by atoms with E-state index in [9.17, 15) is 5.11 Å². The lowest BCUT2D eigenvalue weighted by molar-refractivity contribution is 0.239. The molecule has 22 heavy (non-hydrogen) atoms. The van der Waals surface area contributed by atoms with Crippen LogP contribution in [0.15, 0.2) is 66.9 Å². The third kappa shape index (κ3) is 3.40. The minimum absolute atomic E-state index is 0.00545. The van der Waals surface area contributed by atoms with Crippen LogP contribution in [0, 0.1) is 0 Å². The Bertz CT molecular complexity index is 695. The second-order valence-electron chi connectivity index (χ2n) is 5.28. The van der Waals surface area contributed by atoms with Crippen LogP contribution in [0.2, 0.25) is 0 Å². The van der Waals surface area contributed by atoms with Gasteiger partial charge in [0.1, 0.15) is 6.04 Å². The van der Waals surface area contributed by atoms with Crippen LogP contribution >= 0.6 is 0 Å². The first-order valence-electron chi connectivity index (χ1n) is 7.47. The van der Waals surface area contributed by atoms with Crippen molar-refractivity contribution in [1.29, 1.82) is 0 Å². The van der Waals surface area contributed by atoms with Gasteiger partial charge in [0.15, 0.2) is 0 Å². The van der Waals surface area contributed by atoms with Gasteiger partial charge < -0.3 is 5.11 Å². The number of nitrogens with zero attached hydrogens (tertiary/aromatic N) is 3. The lowest BCUT2D eigenvalue weighted by atomic mass is 10.1. The van der Waals surface area contributed by atoms with Crippen LogP contribution < -0.4 is 0 Å². The number of aliphatic hydroxyl groups is 1. The Hall–Kier alpha value is -2.46. The summed E-state index contributed by atoms with van der Waals surface area (Å²) in [7, 11) is 0. The van der Waals surface area contributed by atoms with E-state index in [0.717, 1.165) is 24.1 Å². The van der Waals surface area contributed by atoms with E-state index < -0.39 is 0 Å². The number of benzene rings is 2. The van der Waals surface area contributed by atoms with Crippen LogP contribution in [0.25, 0.3) is 0 Å². The van der Waals surface area contributed by atoms with E-state index >= 15 is 0 Å². The summed E-state index contributed by atoms with van der Waals surface area (Å²) in [6.07, 6.45) is 3.71. The number of aromatic nitrogens is 3. The number of rotatable bonds is 6. The Morgan fingerprint density at radius 2 is 1.59 bits per heavy atom. The van der Waals surface area contributed by atoms with Crippen LogP contribution in [0.3, 0.4) is 0 Å². The summed E-state index contributed by atoms with van der Waals surface area (Å²) >= 11 is 0. The van der Waals surface area contributed by atoms with Crippen molar-refractivity contribution in [2.24, 2.45) is 0 Å². The van der Waals surface area contributed by atoms with Gasteiger partial charge in [0, 0.05) is 6.20 Å². The molecule has 0 saturated heterocycles. The average molecular weight is 293 g/mol. The monoisotopic (exact) mass is 293 g/mol. The van der Waals surface area contributed by atoms with E-state index in [4.69, 9.17) is 0 Å². The van der Waals surface area contributed by atoms with Crippen molar-refractivity contribution in [1.82, 2.24) is 15.0 Å². The molecule has 0 saturated carbocycles. The Kier molecular flexibility index (Phi) is 4.61. The Morgan fingerprint density at radius 1 is 0.909 bits per heavy atom. The topological polar surface area (TPSA) is 50.9 Å². The molecule has 3 aromatic rings. The summed E-state index contributed by atoms with van der Waals surface area (Å²) in [5.74, 6) is 0. The van der Waals surface area contributed by atoms with E-state index in [-0.39, 0.29) is 12.6 Å². The van der Waals surface area contributed by atoms with Crippen molar-refractivity contribution in [3.05, 3.63) is 83.7 Å². The molecule has 0 aliphatic heterocycles. The predicted octanol–water partition coefficient (Wildman–Crippen LogP) is 2.65. The van der Waals surface area contributed by atoms with Gasteiger partial charge in [-0.15, -0.1) is 5.10 Å². The number of aryl methyl sites for hydroxylation is 2. The van der Waals surface area contributed by atoms with Crippen molar-refractivity contribution in [2.45, 2.75) is 18.9 Å². The molecule has 0 bridgehead atoms. The maximum Gasteiger partial charge on any atom is 0.102 e. The minimum Gasteiger partial charge on any atom is -0.394 e. The molecule has 0 unspecified atom stereocenters. The Labute approximate surface area is 130 Å². The smallest absolute Gasteiger partial charge is 0.102 e. The van der Waals surface area contributed by atoms with E-state index in [2.05, 4.69) is 22.4 Å². The van der Waals surface area contributed by atoms with Crippen molar-refractivity contribution in [3.8, 4) is 0 Å². The fourth-order valence-electron chi connectivity index (χ4n) is 2.51. The third-order valence-electron chi connectivity index (χ3n) is 3.75. The second kappa shape index (κ2) is 7.00. The van der Waals surface area contributed by atoms with Crippen molar-refractivity contribution >= 4 is 0 Å². The number of hydrogen-bond donors (Lipinski definition) is 1. The first kappa shape index (κ1) is 14.5. The molecule has 3 rings (SSSR count). The van der Waals surface area contributed by atoms with Crippen molar-refractivity contribution < 1.29 is 5.11 Å². The highest BCUT2D eigenvalue weighted by Crippen LogP contribution is 2.17. The minimum atomic E-state index is -0.181. The van der Waals surface area contributed by atoms with Crippen LogP contribution in [0.1, 0.15) is 22.9 Å². The lowest BCUT2D eigenvalue weighted by Gasteiger charge is -2.14. The van der Waals surface area contributed by atoms with E-state index in [1.54, 1.807) is 4.68 Å². The molecule has 0 aliphatic rings. The molecule has 0 radical (unpaired) electrons. The zero-order valence-corrected chi connectivity index (χ0v) is 12.3. The second-order valence-corrected chi connectivity index (χ2v) is 5.28. The normalized spacial score (nSPS) is 12.2. The van der Waals surface area contributed by atoms with Gasteiger partial charge in [0.2, 0.25) is 0 Å². The van der Waals surface area contributed by atoms with Gasteiger partial charge in [0.25, 0.3) is 0 Å². The predicted molar refractivity (Wildman–Crippen MR) is 85.5 cm³/mol. The number of hydrogen-bond acceptors (Lipinski definition) is 3. The quantitative estimate of drug-likeness (QED) is 0.760. The molecular weight excluding hydrogens is 274 g/mol. The summed E-state index contributed by atoms with van der Waals surface area (Å²) in [6.45, 7) is 0.00545. The highest BCUT2D eigenvalue weighted by atomic mass is 16.3. The number of aliphatic hydroxyl groups excluding tert-OH is 1. The Morgan fingerprint density at radius 3 is 2.27 bits per heavy atom. The van der Waals surface area contributed by atoms with Gasteiger partial charge in [-0.25, -0.2) is 4.68 Å². The summed E-state index contributed by atoms with van der Waals surface area (Å²) in [6, 6.07) is 20.0. The zero-order valence-electron chi connectivity index (χ0n) is 12.3. The summed E-state index contributed by atoms with van der Waals surface area (Å²) in [5.41, 5.74) is 3.27. The highest BCUT2D eigenvalue weighted by molar-refractivity contribution is 5.20.